The van der Waals surface area contributed by atoms with Crippen LogP contribution in [0.4, 0.5) is 5.69 Å². The van der Waals surface area contributed by atoms with Crippen molar-refractivity contribution in [2.45, 2.75) is 32.5 Å². The number of carbonyl (C=O) groups is 1. The predicted octanol–water partition coefficient (Wildman–Crippen LogP) is 2.89. The molecule has 1 N–H and O–H groups in total. The Balaban J connectivity index is 2.00. The number of nitrogens with one attached hydrogen (secondary N) is 1. The van der Waals surface area contributed by atoms with Gasteiger partial charge >= 0.3 is 0 Å². The van der Waals surface area contributed by atoms with Crippen LogP contribution in [0.25, 0.3) is 0 Å². The van der Waals surface area contributed by atoms with Gasteiger partial charge in [0.05, 0.1) is 23.8 Å². The van der Waals surface area contributed by atoms with Crippen molar-refractivity contribution in [3.8, 4) is 0 Å². The average Bonchev–Trinajstić information content (AvgIpc) is 3.11. The fourth-order valence-corrected chi connectivity index (χ4v) is 2.39. The molecule has 0 aliphatic rings. The standard InChI is InChI=1S/C17H21N3O4/c1-12(14-6-4-7-15(10-14)20(22)23)19(3)13(2)17(21)18-11-16-8-5-9-24-16/h4-10,12-13H,11H2,1-3H3,(H,18,21)/t12-,13+/m1/s1. The van der Waals surface area contributed by atoms with Crippen LogP contribution < -0.4 is 5.32 Å². The van der Waals surface area contributed by atoms with Crippen molar-refractivity contribution in [1.29, 1.82) is 0 Å². The predicted molar refractivity (Wildman–Crippen MR) is 89.3 cm³/mol. The molecule has 1 heterocycles. The second kappa shape index (κ2) is 7.74. The summed E-state index contributed by atoms with van der Waals surface area (Å²) < 4.78 is 5.18. The first-order chi connectivity index (χ1) is 11.4. The topological polar surface area (TPSA) is 88.6 Å². The van der Waals surface area contributed by atoms with Gasteiger partial charge in [-0.05, 0) is 38.6 Å². The Morgan fingerprint density at radius 2 is 2.08 bits per heavy atom. The maximum atomic E-state index is 12.3. The molecule has 7 nitrogen and oxygen atoms in total. The number of hydrogen-bond donors (Lipinski definition) is 1. The summed E-state index contributed by atoms with van der Waals surface area (Å²) >= 11 is 0. The largest absolute Gasteiger partial charge is 0.467 e. The van der Waals surface area contributed by atoms with Crippen LogP contribution in [0, 0.1) is 10.1 Å². The molecule has 0 bridgehead atoms. The van der Waals surface area contributed by atoms with Gasteiger partial charge in [-0.15, -0.1) is 0 Å². The number of non-ortho nitro benzene ring substituents is 1. The van der Waals surface area contributed by atoms with Gasteiger partial charge < -0.3 is 9.73 Å². The average molecular weight is 331 g/mol. The molecule has 0 fully saturated rings. The van der Waals surface area contributed by atoms with E-state index in [0.29, 0.717) is 12.3 Å². The van der Waals surface area contributed by atoms with Gasteiger partial charge in [0.2, 0.25) is 5.91 Å². The summed E-state index contributed by atoms with van der Waals surface area (Å²) in [4.78, 5) is 24.6. The number of rotatable bonds is 7. The monoisotopic (exact) mass is 331 g/mol. The molecular formula is C17H21N3O4. The lowest BCUT2D eigenvalue weighted by atomic mass is 10.0. The first kappa shape index (κ1) is 17.7. The molecule has 1 aromatic carbocycles. The maximum absolute atomic E-state index is 12.3. The second-order valence-electron chi connectivity index (χ2n) is 5.67. The highest BCUT2D eigenvalue weighted by atomic mass is 16.6. The quantitative estimate of drug-likeness (QED) is 0.622. The molecule has 0 saturated heterocycles. The lowest BCUT2D eigenvalue weighted by Crippen LogP contribution is -2.43. The third-order valence-corrected chi connectivity index (χ3v) is 4.18. The highest BCUT2D eigenvalue weighted by Crippen LogP contribution is 2.24. The number of likely N-dealkylation sites (N-methyl/N-ethyl adjacent to an activating group) is 1. The first-order valence-electron chi connectivity index (χ1n) is 7.66. The van der Waals surface area contributed by atoms with Gasteiger partial charge in [0.25, 0.3) is 5.69 Å². The second-order valence-corrected chi connectivity index (χ2v) is 5.67. The summed E-state index contributed by atoms with van der Waals surface area (Å²) in [6.07, 6.45) is 1.56. The number of benzene rings is 1. The SMILES string of the molecule is C[C@H](c1cccc([N+](=O)[O-])c1)N(C)[C@@H](C)C(=O)NCc1ccco1. The zero-order chi connectivity index (χ0) is 17.7. The number of carbonyl (C=O) groups excluding carboxylic acids is 1. The van der Waals surface area contributed by atoms with Crippen LogP contribution in [0.5, 0.6) is 0 Å². The summed E-state index contributed by atoms with van der Waals surface area (Å²) in [5.74, 6) is 0.552. The molecule has 2 atom stereocenters. The van der Waals surface area contributed by atoms with Gasteiger partial charge in [0, 0.05) is 18.2 Å². The molecule has 1 amide bonds. The molecule has 0 aliphatic heterocycles. The molecule has 1 aromatic heterocycles. The molecule has 2 aromatic rings. The number of furan rings is 1. The van der Waals surface area contributed by atoms with Crippen LogP contribution in [-0.2, 0) is 11.3 Å². The molecule has 0 radical (unpaired) electrons. The Morgan fingerprint density at radius 3 is 2.71 bits per heavy atom. The summed E-state index contributed by atoms with van der Waals surface area (Å²) in [5.41, 5.74) is 0.833. The van der Waals surface area contributed by atoms with Crippen LogP contribution in [-0.4, -0.2) is 28.8 Å². The summed E-state index contributed by atoms with van der Waals surface area (Å²) in [6.45, 7) is 4.04. The Kier molecular flexibility index (Phi) is 5.70. The van der Waals surface area contributed by atoms with Crippen molar-refractivity contribution in [3.63, 3.8) is 0 Å². The van der Waals surface area contributed by atoms with Gasteiger partial charge in [0.1, 0.15) is 5.76 Å². The Bertz CT molecular complexity index is 700. The number of hydrogen-bond acceptors (Lipinski definition) is 5. The third kappa shape index (κ3) is 4.20. The Morgan fingerprint density at radius 1 is 1.33 bits per heavy atom. The van der Waals surface area contributed by atoms with E-state index in [2.05, 4.69) is 5.32 Å². The van der Waals surface area contributed by atoms with E-state index >= 15 is 0 Å². The molecule has 2 rings (SSSR count). The normalized spacial score (nSPS) is 13.5. The molecule has 0 aliphatic carbocycles. The molecule has 24 heavy (non-hydrogen) atoms. The van der Waals surface area contributed by atoms with E-state index in [1.165, 1.54) is 12.1 Å². The molecular weight excluding hydrogens is 310 g/mol. The van der Waals surface area contributed by atoms with Crippen LogP contribution >= 0.6 is 0 Å². The minimum absolute atomic E-state index is 0.0441. The zero-order valence-corrected chi connectivity index (χ0v) is 13.9. The summed E-state index contributed by atoms with van der Waals surface area (Å²) in [6, 6.07) is 9.48. The minimum Gasteiger partial charge on any atom is -0.467 e. The first-order valence-corrected chi connectivity index (χ1v) is 7.66. The van der Waals surface area contributed by atoms with E-state index in [1.54, 1.807) is 31.4 Å². The number of nitrogens with zero attached hydrogens (tertiary/aromatic N) is 2. The van der Waals surface area contributed by atoms with E-state index < -0.39 is 11.0 Å². The van der Waals surface area contributed by atoms with Gasteiger partial charge in [-0.3, -0.25) is 19.8 Å². The van der Waals surface area contributed by atoms with E-state index in [9.17, 15) is 14.9 Å². The molecule has 7 heteroatoms. The number of nitro benzene ring substituents is 1. The van der Waals surface area contributed by atoms with E-state index in [4.69, 9.17) is 4.42 Å². The van der Waals surface area contributed by atoms with E-state index in [-0.39, 0.29) is 17.6 Å². The van der Waals surface area contributed by atoms with E-state index in [0.717, 1.165) is 5.56 Å². The van der Waals surface area contributed by atoms with Crippen molar-refractivity contribution in [3.05, 3.63) is 64.1 Å². The van der Waals surface area contributed by atoms with Gasteiger partial charge in [-0.1, -0.05) is 12.1 Å². The summed E-state index contributed by atoms with van der Waals surface area (Å²) in [7, 11) is 1.82. The lowest BCUT2D eigenvalue weighted by molar-refractivity contribution is -0.384. The number of amides is 1. The third-order valence-electron chi connectivity index (χ3n) is 4.18. The highest BCUT2D eigenvalue weighted by Gasteiger charge is 2.24. The van der Waals surface area contributed by atoms with Crippen molar-refractivity contribution >= 4 is 11.6 Å². The van der Waals surface area contributed by atoms with Crippen LogP contribution in [0.3, 0.4) is 0 Å². The van der Waals surface area contributed by atoms with Crippen molar-refractivity contribution in [1.82, 2.24) is 10.2 Å². The van der Waals surface area contributed by atoms with Gasteiger partial charge in [0.15, 0.2) is 0 Å². The number of nitro groups is 1. The van der Waals surface area contributed by atoms with Crippen LogP contribution in [0.15, 0.2) is 47.1 Å². The van der Waals surface area contributed by atoms with Crippen molar-refractivity contribution in [2.75, 3.05) is 7.05 Å². The van der Waals surface area contributed by atoms with Gasteiger partial charge in [-0.2, -0.15) is 0 Å². The fourth-order valence-electron chi connectivity index (χ4n) is 2.39. The Labute approximate surface area is 140 Å². The smallest absolute Gasteiger partial charge is 0.269 e. The molecule has 128 valence electrons. The minimum atomic E-state index is -0.421. The zero-order valence-electron chi connectivity index (χ0n) is 13.9. The van der Waals surface area contributed by atoms with Gasteiger partial charge in [-0.25, -0.2) is 0 Å². The summed E-state index contributed by atoms with van der Waals surface area (Å²) in [5, 5.41) is 13.7. The van der Waals surface area contributed by atoms with Crippen LogP contribution in [0.2, 0.25) is 0 Å². The van der Waals surface area contributed by atoms with Crippen LogP contribution in [0.1, 0.15) is 31.2 Å². The molecule has 0 spiro atoms. The van der Waals surface area contributed by atoms with Crippen molar-refractivity contribution in [2.24, 2.45) is 0 Å². The maximum Gasteiger partial charge on any atom is 0.269 e. The van der Waals surface area contributed by atoms with Crippen molar-refractivity contribution < 1.29 is 14.1 Å². The van der Waals surface area contributed by atoms with E-state index in [1.807, 2.05) is 24.9 Å². The lowest BCUT2D eigenvalue weighted by Gasteiger charge is -2.30. The Hall–Kier alpha value is -2.67. The molecule has 0 saturated carbocycles. The highest BCUT2D eigenvalue weighted by molar-refractivity contribution is 5.81. The fraction of sp³-hybridized carbons (Fsp3) is 0.353. The molecule has 0 unspecified atom stereocenters.